The maximum atomic E-state index is 12.6. The smallest absolute Gasteiger partial charge is 0.223 e. The van der Waals surface area contributed by atoms with Crippen LogP contribution in [0.4, 0.5) is 0 Å². The largest absolute Gasteiger partial charge is 0.347 e. The Labute approximate surface area is 162 Å². The van der Waals surface area contributed by atoms with Gasteiger partial charge in [0.1, 0.15) is 0 Å². The van der Waals surface area contributed by atoms with E-state index in [9.17, 15) is 4.79 Å². The molecule has 6 nitrogen and oxygen atoms in total. The number of rotatable bonds is 5. The number of benzene rings is 1. The lowest BCUT2D eigenvalue weighted by molar-refractivity contribution is -0.185. The number of carbonyl (C=O) groups is 1. The summed E-state index contributed by atoms with van der Waals surface area (Å²) in [6, 6.07) is 10.6. The molecule has 3 aliphatic heterocycles. The van der Waals surface area contributed by atoms with Gasteiger partial charge < -0.3 is 19.3 Å². The van der Waals surface area contributed by atoms with Crippen LogP contribution in [0.3, 0.4) is 0 Å². The summed E-state index contributed by atoms with van der Waals surface area (Å²) >= 11 is 0. The Morgan fingerprint density at radius 3 is 2.22 bits per heavy atom. The second kappa shape index (κ2) is 8.69. The van der Waals surface area contributed by atoms with E-state index in [1.165, 1.54) is 5.56 Å². The highest BCUT2D eigenvalue weighted by Gasteiger charge is 2.39. The molecule has 148 valence electrons. The lowest BCUT2D eigenvalue weighted by atomic mass is 10.0. The lowest BCUT2D eigenvalue weighted by Gasteiger charge is -2.38. The van der Waals surface area contributed by atoms with Crippen LogP contribution in [0, 0.1) is 0 Å². The summed E-state index contributed by atoms with van der Waals surface area (Å²) in [6.45, 7) is 8.78. The van der Waals surface area contributed by atoms with Gasteiger partial charge in [-0.3, -0.25) is 9.69 Å². The summed E-state index contributed by atoms with van der Waals surface area (Å²) in [7, 11) is 0. The average Bonchev–Trinajstić information content (AvgIpc) is 3.17. The molecule has 0 radical (unpaired) electrons. The van der Waals surface area contributed by atoms with Crippen LogP contribution in [0.5, 0.6) is 0 Å². The Kier molecular flexibility index (Phi) is 6.08. The number of likely N-dealkylation sites (tertiary alicyclic amines) is 1. The van der Waals surface area contributed by atoms with Crippen molar-refractivity contribution in [3.8, 4) is 0 Å². The Balaban J connectivity index is 1.15. The predicted molar refractivity (Wildman–Crippen MR) is 103 cm³/mol. The quantitative estimate of drug-likeness (QED) is 0.784. The van der Waals surface area contributed by atoms with Crippen molar-refractivity contribution in [1.29, 1.82) is 0 Å². The van der Waals surface area contributed by atoms with Crippen molar-refractivity contribution in [2.24, 2.45) is 0 Å². The first kappa shape index (κ1) is 18.9. The van der Waals surface area contributed by atoms with Gasteiger partial charge in [-0.25, -0.2) is 0 Å². The van der Waals surface area contributed by atoms with E-state index in [1.54, 1.807) is 0 Å². The normalized spacial score (nSPS) is 23.8. The van der Waals surface area contributed by atoms with Gasteiger partial charge in [-0.05, 0) is 5.56 Å². The molecule has 0 saturated carbocycles. The first-order valence-electron chi connectivity index (χ1n) is 10.3. The summed E-state index contributed by atoms with van der Waals surface area (Å²) in [5.41, 5.74) is 1.34. The standard InChI is InChI=1S/C21H31N3O3/c25-20(6-9-22-10-7-21(8-11-22)26-16-17-27-21)24-14-12-23(13-15-24)18-19-4-2-1-3-5-19/h1-5H,6-18H2. The Morgan fingerprint density at radius 1 is 0.889 bits per heavy atom. The van der Waals surface area contributed by atoms with E-state index < -0.39 is 0 Å². The lowest BCUT2D eigenvalue weighted by Crippen LogP contribution is -2.49. The molecule has 1 spiro atoms. The van der Waals surface area contributed by atoms with Crippen LogP contribution >= 0.6 is 0 Å². The van der Waals surface area contributed by atoms with Crippen LogP contribution in [0.15, 0.2) is 30.3 Å². The van der Waals surface area contributed by atoms with Gasteiger partial charge in [0.25, 0.3) is 0 Å². The molecular formula is C21H31N3O3. The van der Waals surface area contributed by atoms with E-state index in [0.717, 1.165) is 78.4 Å². The van der Waals surface area contributed by atoms with E-state index >= 15 is 0 Å². The minimum Gasteiger partial charge on any atom is -0.347 e. The number of amides is 1. The molecule has 4 rings (SSSR count). The molecule has 1 aromatic rings. The van der Waals surface area contributed by atoms with Gasteiger partial charge in [-0.15, -0.1) is 0 Å². The van der Waals surface area contributed by atoms with Gasteiger partial charge in [0.05, 0.1) is 13.2 Å². The van der Waals surface area contributed by atoms with E-state index in [4.69, 9.17) is 9.47 Å². The number of ether oxygens (including phenoxy) is 2. The third kappa shape index (κ3) is 4.88. The van der Waals surface area contributed by atoms with Crippen LogP contribution in [0.1, 0.15) is 24.8 Å². The third-order valence-corrected chi connectivity index (χ3v) is 6.05. The van der Waals surface area contributed by atoms with E-state index in [0.29, 0.717) is 12.3 Å². The van der Waals surface area contributed by atoms with E-state index in [2.05, 4.69) is 40.1 Å². The minimum absolute atomic E-state index is 0.294. The molecule has 0 N–H and O–H groups in total. The first-order chi connectivity index (χ1) is 13.2. The molecule has 0 aromatic heterocycles. The van der Waals surface area contributed by atoms with Crippen LogP contribution in [-0.2, 0) is 20.8 Å². The van der Waals surface area contributed by atoms with Crippen molar-refractivity contribution in [1.82, 2.24) is 14.7 Å². The highest BCUT2D eigenvalue weighted by molar-refractivity contribution is 5.76. The Hall–Kier alpha value is -1.47. The molecular weight excluding hydrogens is 342 g/mol. The summed E-state index contributed by atoms with van der Waals surface area (Å²) in [5.74, 6) is -0.0294. The fraction of sp³-hybridized carbons (Fsp3) is 0.667. The molecule has 0 atom stereocenters. The highest BCUT2D eigenvalue weighted by Crippen LogP contribution is 2.31. The summed E-state index contributed by atoms with van der Waals surface area (Å²) in [5, 5.41) is 0. The van der Waals surface area contributed by atoms with Crippen molar-refractivity contribution in [3.63, 3.8) is 0 Å². The van der Waals surface area contributed by atoms with Gasteiger partial charge in [0, 0.05) is 71.6 Å². The predicted octanol–water partition coefficient (Wildman–Crippen LogP) is 1.56. The minimum atomic E-state index is -0.324. The van der Waals surface area contributed by atoms with E-state index in [1.807, 2.05) is 4.90 Å². The van der Waals surface area contributed by atoms with Crippen LogP contribution in [0.25, 0.3) is 0 Å². The number of hydrogen-bond acceptors (Lipinski definition) is 5. The second-order valence-electron chi connectivity index (χ2n) is 7.84. The molecule has 3 heterocycles. The fourth-order valence-corrected chi connectivity index (χ4v) is 4.31. The summed E-state index contributed by atoms with van der Waals surface area (Å²) in [6.07, 6.45) is 2.45. The molecule has 3 fully saturated rings. The molecule has 3 saturated heterocycles. The highest BCUT2D eigenvalue weighted by atomic mass is 16.7. The zero-order valence-electron chi connectivity index (χ0n) is 16.1. The average molecular weight is 373 g/mol. The third-order valence-electron chi connectivity index (χ3n) is 6.05. The molecule has 1 amide bonds. The van der Waals surface area contributed by atoms with E-state index in [-0.39, 0.29) is 5.79 Å². The van der Waals surface area contributed by atoms with Crippen molar-refractivity contribution >= 4 is 5.91 Å². The number of piperazine rings is 1. The number of hydrogen-bond donors (Lipinski definition) is 0. The summed E-state index contributed by atoms with van der Waals surface area (Å²) in [4.78, 5) is 19.4. The maximum Gasteiger partial charge on any atom is 0.223 e. The first-order valence-corrected chi connectivity index (χ1v) is 10.3. The number of piperidine rings is 1. The van der Waals surface area contributed by atoms with Crippen LogP contribution in [0.2, 0.25) is 0 Å². The fourth-order valence-electron chi connectivity index (χ4n) is 4.31. The number of carbonyl (C=O) groups excluding carboxylic acids is 1. The second-order valence-corrected chi connectivity index (χ2v) is 7.84. The van der Waals surface area contributed by atoms with Gasteiger partial charge in [0.2, 0.25) is 5.91 Å². The molecule has 6 heteroatoms. The van der Waals surface area contributed by atoms with Gasteiger partial charge in [-0.2, -0.15) is 0 Å². The van der Waals surface area contributed by atoms with Crippen molar-refractivity contribution in [2.45, 2.75) is 31.6 Å². The molecule has 1 aromatic carbocycles. The maximum absolute atomic E-state index is 12.6. The number of nitrogens with zero attached hydrogens (tertiary/aromatic N) is 3. The zero-order valence-corrected chi connectivity index (χ0v) is 16.1. The van der Waals surface area contributed by atoms with Gasteiger partial charge in [-0.1, -0.05) is 30.3 Å². The van der Waals surface area contributed by atoms with Crippen molar-refractivity contribution < 1.29 is 14.3 Å². The molecule has 0 bridgehead atoms. The zero-order chi connectivity index (χ0) is 18.5. The molecule has 3 aliphatic rings. The van der Waals surface area contributed by atoms with Gasteiger partial charge >= 0.3 is 0 Å². The van der Waals surface area contributed by atoms with Crippen LogP contribution < -0.4 is 0 Å². The van der Waals surface area contributed by atoms with Crippen LogP contribution in [-0.4, -0.2) is 85.4 Å². The van der Waals surface area contributed by atoms with Crippen molar-refractivity contribution in [2.75, 3.05) is 59.0 Å². The SMILES string of the molecule is O=C(CCN1CCC2(CC1)OCCO2)N1CCN(Cc2ccccc2)CC1. The molecule has 0 aliphatic carbocycles. The molecule has 27 heavy (non-hydrogen) atoms. The topological polar surface area (TPSA) is 45.3 Å². The Bertz CT molecular complexity index is 600. The van der Waals surface area contributed by atoms with Crippen molar-refractivity contribution in [3.05, 3.63) is 35.9 Å². The monoisotopic (exact) mass is 373 g/mol. The summed E-state index contributed by atoms with van der Waals surface area (Å²) < 4.78 is 11.5. The van der Waals surface area contributed by atoms with Gasteiger partial charge in [0.15, 0.2) is 5.79 Å². The Morgan fingerprint density at radius 2 is 1.56 bits per heavy atom. The molecule has 0 unspecified atom stereocenters.